The van der Waals surface area contributed by atoms with Crippen LogP contribution >= 0.6 is 0 Å². The van der Waals surface area contributed by atoms with E-state index in [4.69, 9.17) is 0 Å². The molecule has 4 aromatic rings. The summed E-state index contributed by atoms with van der Waals surface area (Å²) in [5.41, 5.74) is 8.83. The molecule has 0 radical (unpaired) electrons. The largest absolute Gasteiger partial charge is 0.309 e. The van der Waals surface area contributed by atoms with Gasteiger partial charge in [-0.05, 0) is 38.6 Å². The minimum Gasteiger partial charge on any atom is -0.309 e. The molecule has 0 saturated carbocycles. The average molecular weight is 467 g/mol. The number of benzene rings is 3. The predicted octanol–water partition coefficient (Wildman–Crippen LogP) is 6.88. The molecule has 4 rings (SSSR count). The fraction of sp³-hybridized carbons (Fsp3) is 0.355. The van der Waals surface area contributed by atoms with Gasteiger partial charge in [-0.2, -0.15) is 0 Å². The van der Waals surface area contributed by atoms with E-state index in [1.165, 1.54) is 27.8 Å². The fourth-order valence-corrected chi connectivity index (χ4v) is 4.07. The molecule has 0 aliphatic heterocycles. The number of hydrogen-bond acceptors (Lipinski definition) is 3. The van der Waals surface area contributed by atoms with E-state index < -0.39 is 0 Å². The van der Waals surface area contributed by atoms with Crippen molar-refractivity contribution in [3.63, 3.8) is 0 Å². The van der Waals surface area contributed by atoms with Crippen LogP contribution in [0.4, 0.5) is 0 Å². The van der Waals surface area contributed by atoms with E-state index in [1.54, 1.807) is 0 Å². The molecule has 1 aromatic heterocycles. The summed E-state index contributed by atoms with van der Waals surface area (Å²) >= 11 is 0. The first-order valence-electron chi connectivity index (χ1n) is 12.5. The lowest BCUT2D eigenvalue weighted by Gasteiger charge is -2.19. The minimum atomic E-state index is 0.148. The van der Waals surface area contributed by atoms with Gasteiger partial charge in [-0.25, -0.2) is 4.68 Å². The standard InChI is InChI=1S/C31H38N4/c1-30(2,3)27-15-11-24(12-16-27)20-32-19-23-7-9-25(10-8-23)21-35-22-29(33-34-35)26-13-17-28(18-14-26)31(4,5)6/h7-18,22,32H,19-21H2,1-6H3. The molecule has 0 saturated heterocycles. The summed E-state index contributed by atoms with van der Waals surface area (Å²) in [6.45, 7) is 15.8. The predicted molar refractivity (Wildman–Crippen MR) is 145 cm³/mol. The maximum atomic E-state index is 4.38. The van der Waals surface area contributed by atoms with Crippen LogP contribution in [-0.2, 0) is 30.5 Å². The highest BCUT2D eigenvalue weighted by Crippen LogP contribution is 2.25. The van der Waals surface area contributed by atoms with Gasteiger partial charge in [0.2, 0.25) is 0 Å². The van der Waals surface area contributed by atoms with Gasteiger partial charge in [0.1, 0.15) is 5.69 Å². The Labute approximate surface area is 210 Å². The molecule has 4 heteroatoms. The lowest BCUT2D eigenvalue weighted by atomic mass is 9.86. The summed E-state index contributed by atoms with van der Waals surface area (Å²) in [5, 5.41) is 12.3. The van der Waals surface area contributed by atoms with Crippen LogP contribution in [0.25, 0.3) is 11.3 Å². The zero-order chi connectivity index (χ0) is 25.1. The van der Waals surface area contributed by atoms with Crippen molar-refractivity contribution in [3.8, 4) is 11.3 Å². The van der Waals surface area contributed by atoms with Crippen molar-refractivity contribution in [2.75, 3.05) is 0 Å². The Balaban J connectivity index is 1.29. The van der Waals surface area contributed by atoms with Crippen molar-refractivity contribution < 1.29 is 0 Å². The molecular formula is C31H38N4. The van der Waals surface area contributed by atoms with E-state index in [0.717, 1.165) is 24.3 Å². The van der Waals surface area contributed by atoms with E-state index in [2.05, 4.69) is 130 Å². The van der Waals surface area contributed by atoms with E-state index in [0.29, 0.717) is 6.54 Å². The molecule has 4 nitrogen and oxygen atoms in total. The van der Waals surface area contributed by atoms with Crippen LogP contribution in [0.15, 0.2) is 79.0 Å². The van der Waals surface area contributed by atoms with Gasteiger partial charge in [-0.15, -0.1) is 5.10 Å². The highest BCUT2D eigenvalue weighted by molar-refractivity contribution is 5.58. The normalized spacial score (nSPS) is 12.2. The molecule has 1 N–H and O–H groups in total. The summed E-state index contributed by atoms with van der Waals surface area (Å²) in [7, 11) is 0. The second-order valence-corrected chi connectivity index (χ2v) is 11.5. The lowest BCUT2D eigenvalue weighted by molar-refractivity contribution is 0.589. The Bertz CT molecular complexity index is 1220. The number of nitrogens with zero attached hydrogens (tertiary/aromatic N) is 3. The van der Waals surface area contributed by atoms with E-state index in [1.807, 2.05) is 10.9 Å². The number of aromatic nitrogens is 3. The lowest BCUT2D eigenvalue weighted by Crippen LogP contribution is -2.14. The molecule has 0 aliphatic carbocycles. The highest BCUT2D eigenvalue weighted by Gasteiger charge is 2.14. The number of nitrogens with one attached hydrogen (secondary N) is 1. The smallest absolute Gasteiger partial charge is 0.113 e. The van der Waals surface area contributed by atoms with Gasteiger partial charge in [0.05, 0.1) is 12.7 Å². The van der Waals surface area contributed by atoms with Crippen LogP contribution in [0.3, 0.4) is 0 Å². The topological polar surface area (TPSA) is 42.7 Å². The van der Waals surface area contributed by atoms with Crippen LogP contribution < -0.4 is 5.32 Å². The van der Waals surface area contributed by atoms with Gasteiger partial charge in [-0.1, -0.05) is 120 Å². The molecule has 0 bridgehead atoms. The molecule has 0 fully saturated rings. The summed E-state index contributed by atoms with van der Waals surface area (Å²) < 4.78 is 1.90. The molecule has 35 heavy (non-hydrogen) atoms. The highest BCUT2D eigenvalue weighted by atomic mass is 15.4. The van der Waals surface area contributed by atoms with Crippen LogP contribution in [0.5, 0.6) is 0 Å². The summed E-state index contributed by atoms with van der Waals surface area (Å²) in [4.78, 5) is 0. The van der Waals surface area contributed by atoms with Gasteiger partial charge in [0.25, 0.3) is 0 Å². The van der Waals surface area contributed by atoms with Crippen molar-refractivity contribution in [3.05, 3.63) is 107 Å². The Kier molecular flexibility index (Phi) is 7.23. The van der Waals surface area contributed by atoms with Crippen molar-refractivity contribution in [1.29, 1.82) is 0 Å². The first kappa shape index (κ1) is 24.9. The van der Waals surface area contributed by atoms with Crippen molar-refractivity contribution >= 4 is 0 Å². The Morgan fingerprint density at radius 1 is 0.629 bits per heavy atom. The Morgan fingerprint density at radius 2 is 1.09 bits per heavy atom. The molecule has 3 aromatic carbocycles. The van der Waals surface area contributed by atoms with Crippen LogP contribution in [0, 0.1) is 0 Å². The maximum absolute atomic E-state index is 4.38. The minimum absolute atomic E-state index is 0.148. The Morgan fingerprint density at radius 3 is 1.60 bits per heavy atom. The molecule has 1 heterocycles. The SMILES string of the molecule is CC(C)(C)c1ccc(CNCc2ccc(Cn3cc(-c4ccc(C(C)(C)C)cc4)nn3)cc2)cc1. The molecule has 0 amide bonds. The van der Waals surface area contributed by atoms with Crippen molar-refractivity contribution in [2.45, 2.75) is 72.0 Å². The molecular weight excluding hydrogens is 428 g/mol. The van der Waals surface area contributed by atoms with Gasteiger partial charge in [-0.3, -0.25) is 0 Å². The third-order valence-electron chi connectivity index (χ3n) is 6.43. The van der Waals surface area contributed by atoms with Gasteiger partial charge < -0.3 is 5.32 Å². The molecule has 0 atom stereocenters. The van der Waals surface area contributed by atoms with E-state index >= 15 is 0 Å². The van der Waals surface area contributed by atoms with Crippen LogP contribution in [0.2, 0.25) is 0 Å². The van der Waals surface area contributed by atoms with Gasteiger partial charge >= 0.3 is 0 Å². The van der Waals surface area contributed by atoms with Crippen molar-refractivity contribution in [2.24, 2.45) is 0 Å². The summed E-state index contributed by atoms with van der Waals surface area (Å²) in [6, 6.07) is 26.3. The average Bonchev–Trinajstić information content (AvgIpc) is 3.28. The molecule has 0 unspecified atom stereocenters. The first-order valence-corrected chi connectivity index (χ1v) is 12.5. The maximum Gasteiger partial charge on any atom is 0.113 e. The molecule has 182 valence electrons. The summed E-state index contributed by atoms with van der Waals surface area (Å²) in [6.07, 6.45) is 2.02. The van der Waals surface area contributed by atoms with Crippen molar-refractivity contribution in [1.82, 2.24) is 20.3 Å². The van der Waals surface area contributed by atoms with Crippen LogP contribution in [0.1, 0.15) is 69.4 Å². The fourth-order valence-electron chi connectivity index (χ4n) is 4.07. The third kappa shape index (κ3) is 6.67. The second-order valence-electron chi connectivity index (χ2n) is 11.5. The number of hydrogen-bond donors (Lipinski definition) is 1. The third-order valence-corrected chi connectivity index (χ3v) is 6.43. The molecule has 0 aliphatic rings. The summed E-state index contributed by atoms with van der Waals surface area (Å²) in [5.74, 6) is 0. The van der Waals surface area contributed by atoms with Gasteiger partial charge in [0, 0.05) is 18.7 Å². The Hall–Kier alpha value is -3.24. The zero-order valence-electron chi connectivity index (χ0n) is 22.0. The second kappa shape index (κ2) is 10.2. The number of rotatable bonds is 7. The van der Waals surface area contributed by atoms with E-state index in [-0.39, 0.29) is 10.8 Å². The zero-order valence-corrected chi connectivity index (χ0v) is 22.0. The van der Waals surface area contributed by atoms with Gasteiger partial charge in [0.15, 0.2) is 0 Å². The van der Waals surface area contributed by atoms with E-state index in [9.17, 15) is 0 Å². The first-order chi connectivity index (χ1) is 16.6. The van der Waals surface area contributed by atoms with Crippen LogP contribution in [-0.4, -0.2) is 15.0 Å². The quantitative estimate of drug-likeness (QED) is 0.323. The monoisotopic (exact) mass is 466 g/mol. The molecule has 0 spiro atoms.